The van der Waals surface area contributed by atoms with Gasteiger partial charge >= 0.3 is 0 Å². The number of hydrogen-bond acceptors (Lipinski definition) is 4. The molecule has 0 aliphatic carbocycles. The van der Waals surface area contributed by atoms with Crippen molar-refractivity contribution >= 4 is 50.5 Å². The highest BCUT2D eigenvalue weighted by molar-refractivity contribution is 7.92. The number of nitrogens with one attached hydrogen (secondary N) is 2. The molecule has 4 aromatic carbocycles. The maximum atomic E-state index is 13.6. The van der Waals surface area contributed by atoms with Crippen molar-refractivity contribution in [3.63, 3.8) is 0 Å². The number of nitrogens with zero attached hydrogens (tertiary/aromatic N) is 1. The summed E-state index contributed by atoms with van der Waals surface area (Å²) in [5.74, 6) is -0.840. The van der Waals surface area contributed by atoms with Crippen LogP contribution in [0.3, 0.4) is 0 Å². The molecular weight excluding hydrogens is 558 g/mol. The minimum atomic E-state index is -4.07. The monoisotopic (exact) mass is 589 g/mol. The molecule has 0 heterocycles. The number of sulfonamides is 1. The van der Waals surface area contributed by atoms with E-state index in [1.165, 1.54) is 12.1 Å². The number of rotatable bonds is 8. The average Bonchev–Trinajstić information content (AvgIpc) is 2.92. The third-order valence-electron chi connectivity index (χ3n) is 6.46. The fourth-order valence-electron chi connectivity index (χ4n) is 4.25. The van der Waals surface area contributed by atoms with Crippen LogP contribution in [-0.2, 0) is 20.2 Å². The van der Waals surface area contributed by atoms with Crippen LogP contribution in [0.1, 0.15) is 42.3 Å². The molecule has 41 heavy (non-hydrogen) atoms. The molecule has 4 aromatic rings. The summed E-state index contributed by atoms with van der Waals surface area (Å²) in [5.41, 5.74) is 3.43. The van der Waals surface area contributed by atoms with Gasteiger partial charge in [-0.1, -0.05) is 68.8 Å². The highest BCUT2D eigenvalue weighted by atomic mass is 35.5. The molecule has 0 aliphatic rings. The Morgan fingerprint density at radius 2 is 1.44 bits per heavy atom. The van der Waals surface area contributed by atoms with Gasteiger partial charge < -0.3 is 10.6 Å². The molecule has 2 N–H and O–H groups in total. The zero-order valence-corrected chi connectivity index (χ0v) is 24.9. The summed E-state index contributed by atoms with van der Waals surface area (Å²) in [6.07, 6.45) is 0. The fourth-order valence-corrected chi connectivity index (χ4v) is 5.98. The van der Waals surface area contributed by atoms with Gasteiger partial charge in [0.15, 0.2) is 0 Å². The number of benzene rings is 4. The highest BCUT2D eigenvalue weighted by Gasteiger charge is 2.28. The normalized spacial score (nSPS) is 11.5. The molecule has 0 aromatic heterocycles. The molecule has 0 fully saturated rings. The van der Waals surface area contributed by atoms with E-state index in [1.807, 2.05) is 12.1 Å². The van der Waals surface area contributed by atoms with E-state index < -0.39 is 22.5 Å². The van der Waals surface area contributed by atoms with Crippen LogP contribution in [0.25, 0.3) is 0 Å². The molecule has 0 saturated heterocycles. The molecule has 2 amide bonds. The zero-order valence-electron chi connectivity index (χ0n) is 23.3. The third-order valence-corrected chi connectivity index (χ3v) is 8.47. The molecule has 0 atom stereocenters. The number of aryl methyl sites for hydroxylation is 1. The van der Waals surface area contributed by atoms with Crippen LogP contribution in [0.4, 0.5) is 17.1 Å². The standard InChI is InChI=1S/C32H32ClN3O4S/c1-22-19-25(33)17-18-29(22)36(41(39,40)28-11-6-5-7-12-28)21-30(37)34-26-9-8-10-27(20-26)35-31(38)23-13-15-24(16-14-23)32(2,3)4/h5-20H,21H2,1-4H3,(H,34,37)(H,35,38). The highest BCUT2D eigenvalue weighted by Crippen LogP contribution is 2.29. The Balaban J connectivity index is 1.52. The van der Waals surface area contributed by atoms with Gasteiger partial charge in [0, 0.05) is 22.0 Å². The van der Waals surface area contributed by atoms with E-state index in [-0.39, 0.29) is 16.2 Å². The van der Waals surface area contributed by atoms with Crippen LogP contribution in [0.2, 0.25) is 5.02 Å². The van der Waals surface area contributed by atoms with Gasteiger partial charge in [-0.25, -0.2) is 8.42 Å². The van der Waals surface area contributed by atoms with Crippen molar-refractivity contribution in [3.8, 4) is 0 Å². The number of amides is 2. The lowest BCUT2D eigenvalue weighted by atomic mass is 9.87. The van der Waals surface area contributed by atoms with Crippen LogP contribution in [0.5, 0.6) is 0 Å². The summed E-state index contributed by atoms with van der Waals surface area (Å²) in [6.45, 7) is 7.57. The van der Waals surface area contributed by atoms with Gasteiger partial charge in [-0.3, -0.25) is 13.9 Å². The Labute approximate surface area is 246 Å². The molecule has 0 bridgehead atoms. The van der Waals surface area contributed by atoms with Gasteiger partial charge in [-0.15, -0.1) is 0 Å². The summed E-state index contributed by atoms with van der Waals surface area (Å²) < 4.78 is 28.3. The Morgan fingerprint density at radius 1 is 0.805 bits per heavy atom. The molecule has 9 heteroatoms. The molecular formula is C32H32ClN3O4S. The Bertz CT molecular complexity index is 1670. The molecule has 0 radical (unpaired) electrons. The van der Waals surface area contributed by atoms with Gasteiger partial charge in [0.05, 0.1) is 10.6 Å². The predicted molar refractivity (Wildman–Crippen MR) is 165 cm³/mol. The first-order valence-corrected chi connectivity index (χ1v) is 14.8. The molecule has 4 rings (SSSR count). The second-order valence-electron chi connectivity index (χ2n) is 10.7. The number of anilines is 3. The van der Waals surface area contributed by atoms with Crippen molar-refractivity contribution in [1.82, 2.24) is 0 Å². The summed E-state index contributed by atoms with van der Waals surface area (Å²) in [7, 11) is -4.07. The van der Waals surface area contributed by atoms with E-state index in [9.17, 15) is 18.0 Å². The maximum absolute atomic E-state index is 13.6. The first-order chi connectivity index (χ1) is 19.3. The van der Waals surface area contributed by atoms with Crippen LogP contribution in [0, 0.1) is 6.92 Å². The summed E-state index contributed by atoms with van der Waals surface area (Å²) >= 11 is 6.10. The number of carbonyl (C=O) groups excluding carboxylic acids is 2. The average molecular weight is 590 g/mol. The van der Waals surface area contributed by atoms with E-state index in [2.05, 4.69) is 31.4 Å². The lowest BCUT2D eigenvalue weighted by Crippen LogP contribution is -2.38. The number of hydrogen-bond donors (Lipinski definition) is 2. The quantitative estimate of drug-likeness (QED) is 0.231. The van der Waals surface area contributed by atoms with Gasteiger partial charge in [-0.05, 0) is 84.1 Å². The van der Waals surface area contributed by atoms with Crippen LogP contribution < -0.4 is 14.9 Å². The van der Waals surface area contributed by atoms with E-state index in [0.29, 0.717) is 33.2 Å². The lowest BCUT2D eigenvalue weighted by molar-refractivity contribution is -0.114. The second-order valence-corrected chi connectivity index (χ2v) is 13.0. The fraction of sp³-hybridized carbons (Fsp3) is 0.188. The predicted octanol–water partition coefficient (Wildman–Crippen LogP) is 7.03. The third kappa shape index (κ3) is 7.34. The van der Waals surface area contributed by atoms with Crippen LogP contribution >= 0.6 is 11.6 Å². The Kier molecular flexibility index (Phi) is 8.85. The van der Waals surface area contributed by atoms with Crippen molar-refractivity contribution in [3.05, 3.63) is 119 Å². The lowest BCUT2D eigenvalue weighted by Gasteiger charge is -2.25. The minimum absolute atomic E-state index is 0.0240. The molecule has 0 unspecified atom stereocenters. The SMILES string of the molecule is Cc1cc(Cl)ccc1N(CC(=O)Nc1cccc(NC(=O)c2ccc(C(C)(C)C)cc2)c1)S(=O)(=O)c1ccccc1. The Hall–Kier alpha value is -4.14. The van der Waals surface area contributed by atoms with Crippen molar-refractivity contribution < 1.29 is 18.0 Å². The molecule has 0 saturated carbocycles. The maximum Gasteiger partial charge on any atom is 0.264 e. The molecule has 0 spiro atoms. The van der Waals surface area contributed by atoms with Gasteiger partial charge in [-0.2, -0.15) is 0 Å². The van der Waals surface area contributed by atoms with E-state index in [4.69, 9.17) is 11.6 Å². The van der Waals surface area contributed by atoms with Crippen molar-refractivity contribution in [2.24, 2.45) is 0 Å². The minimum Gasteiger partial charge on any atom is -0.324 e. The van der Waals surface area contributed by atoms with E-state index in [1.54, 1.807) is 79.7 Å². The van der Waals surface area contributed by atoms with Crippen molar-refractivity contribution in [2.75, 3.05) is 21.5 Å². The summed E-state index contributed by atoms with van der Waals surface area (Å²) in [4.78, 5) is 26.1. The summed E-state index contributed by atoms with van der Waals surface area (Å²) in [6, 6.07) is 26.8. The van der Waals surface area contributed by atoms with Gasteiger partial charge in [0.25, 0.3) is 15.9 Å². The van der Waals surface area contributed by atoms with E-state index >= 15 is 0 Å². The second kappa shape index (κ2) is 12.2. The van der Waals surface area contributed by atoms with Gasteiger partial charge in [0.1, 0.15) is 6.54 Å². The van der Waals surface area contributed by atoms with Crippen LogP contribution in [0.15, 0.2) is 102 Å². The molecule has 212 valence electrons. The molecule has 7 nitrogen and oxygen atoms in total. The van der Waals surface area contributed by atoms with Crippen molar-refractivity contribution in [2.45, 2.75) is 38.0 Å². The summed E-state index contributed by atoms with van der Waals surface area (Å²) in [5, 5.41) is 6.05. The molecule has 0 aliphatic heterocycles. The largest absolute Gasteiger partial charge is 0.324 e. The van der Waals surface area contributed by atoms with Gasteiger partial charge in [0.2, 0.25) is 5.91 Å². The number of halogens is 1. The first-order valence-electron chi connectivity index (χ1n) is 13.0. The zero-order chi connectivity index (χ0) is 29.8. The van der Waals surface area contributed by atoms with Crippen molar-refractivity contribution in [1.29, 1.82) is 0 Å². The topological polar surface area (TPSA) is 95.6 Å². The first kappa shape index (κ1) is 29.8. The number of carbonyl (C=O) groups is 2. The smallest absolute Gasteiger partial charge is 0.264 e. The van der Waals surface area contributed by atoms with Crippen LogP contribution in [-0.4, -0.2) is 26.8 Å². The van der Waals surface area contributed by atoms with E-state index in [0.717, 1.165) is 9.87 Å². The Morgan fingerprint density at radius 3 is 2.05 bits per heavy atom.